The van der Waals surface area contributed by atoms with Crippen molar-refractivity contribution in [3.05, 3.63) is 41.7 Å². The van der Waals surface area contributed by atoms with Crippen LogP contribution in [0.25, 0.3) is 5.69 Å². The zero-order chi connectivity index (χ0) is 19.1. The van der Waals surface area contributed by atoms with Crippen LogP contribution in [0.3, 0.4) is 0 Å². The molecule has 2 saturated heterocycles. The van der Waals surface area contributed by atoms with Crippen LogP contribution in [-0.4, -0.2) is 63.6 Å². The van der Waals surface area contributed by atoms with Crippen molar-refractivity contribution in [3.8, 4) is 11.4 Å². The average molecular weight is 371 g/mol. The Bertz CT molecular complexity index is 893. The molecule has 8 heteroatoms. The van der Waals surface area contributed by atoms with Gasteiger partial charge in [-0.1, -0.05) is 6.07 Å². The molecule has 1 aromatic heterocycles. The number of methoxy groups -OCH3 is 1. The van der Waals surface area contributed by atoms with Crippen LogP contribution in [0, 0.1) is 6.92 Å². The number of aryl methyl sites for hydroxylation is 1. The van der Waals surface area contributed by atoms with E-state index in [0.29, 0.717) is 25.2 Å². The van der Waals surface area contributed by atoms with Gasteiger partial charge in [0.1, 0.15) is 17.5 Å². The van der Waals surface area contributed by atoms with Gasteiger partial charge in [0.15, 0.2) is 5.69 Å². The van der Waals surface area contributed by atoms with Gasteiger partial charge >= 0.3 is 5.97 Å². The molecule has 3 atom stereocenters. The second kappa shape index (κ2) is 6.70. The van der Waals surface area contributed by atoms with Crippen LogP contribution in [0.5, 0.6) is 5.75 Å². The van der Waals surface area contributed by atoms with Gasteiger partial charge in [-0.15, -0.1) is 0 Å². The Hall–Kier alpha value is -2.87. The quantitative estimate of drug-likeness (QED) is 0.878. The lowest BCUT2D eigenvalue weighted by molar-refractivity contribution is -0.141. The number of carbonyl (C=O) groups excluding carboxylic acids is 1. The van der Waals surface area contributed by atoms with Crippen molar-refractivity contribution < 1.29 is 24.2 Å². The Morgan fingerprint density at radius 3 is 2.89 bits per heavy atom. The lowest BCUT2D eigenvalue weighted by Crippen LogP contribution is -2.45. The minimum atomic E-state index is -1.01. The van der Waals surface area contributed by atoms with Crippen LogP contribution in [0.2, 0.25) is 0 Å². The van der Waals surface area contributed by atoms with Gasteiger partial charge < -0.3 is 19.5 Å². The molecule has 1 amide bonds. The number of hydrogen-bond donors (Lipinski definition) is 1. The third kappa shape index (κ3) is 2.95. The van der Waals surface area contributed by atoms with Crippen LogP contribution in [-0.2, 0) is 9.53 Å². The average Bonchev–Trinajstić information content (AvgIpc) is 3.36. The number of likely N-dealkylation sites (tertiary alicyclic amines) is 1. The molecule has 3 heterocycles. The number of amides is 1. The maximum absolute atomic E-state index is 13.1. The van der Waals surface area contributed by atoms with Gasteiger partial charge in [-0.05, 0) is 37.1 Å². The first kappa shape index (κ1) is 17.5. The first-order valence-electron chi connectivity index (χ1n) is 8.87. The molecule has 0 spiro atoms. The smallest absolute Gasteiger partial charge is 0.326 e. The van der Waals surface area contributed by atoms with E-state index in [1.54, 1.807) is 24.1 Å². The molecule has 4 rings (SSSR count). The zero-order valence-corrected chi connectivity index (χ0v) is 15.2. The molecule has 0 aliphatic carbocycles. The number of aromatic nitrogens is 2. The van der Waals surface area contributed by atoms with Crippen molar-refractivity contribution in [2.75, 3.05) is 13.7 Å². The van der Waals surface area contributed by atoms with Gasteiger partial charge in [-0.3, -0.25) is 4.79 Å². The molecule has 0 radical (unpaired) electrons. The molecule has 0 saturated carbocycles. The van der Waals surface area contributed by atoms with Crippen molar-refractivity contribution in [1.29, 1.82) is 0 Å². The number of nitrogens with zero attached hydrogens (tertiary/aromatic N) is 3. The van der Waals surface area contributed by atoms with Crippen LogP contribution in [0.15, 0.2) is 30.5 Å². The zero-order valence-electron chi connectivity index (χ0n) is 15.2. The van der Waals surface area contributed by atoms with Crippen molar-refractivity contribution in [1.82, 2.24) is 14.7 Å². The molecule has 8 nitrogen and oxygen atoms in total. The molecule has 1 unspecified atom stereocenters. The summed E-state index contributed by atoms with van der Waals surface area (Å²) in [6.07, 6.45) is 2.43. The first-order valence-corrected chi connectivity index (χ1v) is 8.87. The molecular formula is C19H21N3O5. The van der Waals surface area contributed by atoms with Crippen LogP contribution in [0.4, 0.5) is 0 Å². The van der Waals surface area contributed by atoms with E-state index in [-0.39, 0.29) is 23.7 Å². The molecule has 2 aliphatic heterocycles. The van der Waals surface area contributed by atoms with E-state index in [9.17, 15) is 14.7 Å². The molecule has 27 heavy (non-hydrogen) atoms. The van der Waals surface area contributed by atoms with E-state index in [1.807, 2.05) is 25.1 Å². The minimum absolute atomic E-state index is 0.206. The summed E-state index contributed by atoms with van der Waals surface area (Å²) in [7, 11) is 1.58. The number of aliphatic carboxylic acids is 1. The second-order valence-electron chi connectivity index (χ2n) is 6.89. The molecule has 1 aromatic carbocycles. The Labute approximate surface area is 156 Å². The van der Waals surface area contributed by atoms with E-state index in [1.165, 1.54) is 4.90 Å². The van der Waals surface area contributed by atoms with Gasteiger partial charge in [-0.2, -0.15) is 5.10 Å². The first-order chi connectivity index (χ1) is 13.0. The number of carbonyl (C=O) groups is 2. The van der Waals surface area contributed by atoms with E-state index in [4.69, 9.17) is 9.47 Å². The molecule has 2 aromatic rings. The van der Waals surface area contributed by atoms with E-state index in [2.05, 4.69) is 5.10 Å². The number of benzene rings is 1. The van der Waals surface area contributed by atoms with Crippen LogP contribution >= 0.6 is 0 Å². The SMILES string of the molecule is COc1ccc(C)cc1-n1ccc(C(=O)N2C(C(=O)O)C[C@@H]3OCC[C@@H]32)n1. The summed E-state index contributed by atoms with van der Waals surface area (Å²) in [5, 5.41) is 13.9. The number of carboxylic acid groups (broad SMARTS) is 1. The minimum Gasteiger partial charge on any atom is -0.494 e. The maximum atomic E-state index is 13.1. The molecular weight excluding hydrogens is 350 g/mol. The summed E-state index contributed by atoms with van der Waals surface area (Å²) in [5.41, 5.74) is 1.96. The highest BCUT2D eigenvalue weighted by atomic mass is 16.5. The van der Waals surface area contributed by atoms with Gasteiger partial charge in [0, 0.05) is 19.2 Å². The Morgan fingerprint density at radius 2 is 2.15 bits per heavy atom. The predicted octanol–water partition coefficient (Wildman–Crippen LogP) is 1.65. The summed E-state index contributed by atoms with van der Waals surface area (Å²) in [6.45, 7) is 2.50. The van der Waals surface area contributed by atoms with Crippen molar-refractivity contribution in [2.45, 2.75) is 38.0 Å². The fourth-order valence-corrected chi connectivity index (χ4v) is 3.94. The molecule has 142 valence electrons. The Balaban J connectivity index is 1.66. The van der Waals surface area contributed by atoms with Crippen molar-refractivity contribution in [2.24, 2.45) is 0 Å². The highest BCUT2D eigenvalue weighted by molar-refractivity contribution is 5.95. The van der Waals surface area contributed by atoms with Gasteiger partial charge in [0.05, 0.1) is 19.3 Å². The van der Waals surface area contributed by atoms with Crippen LogP contribution < -0.4 is 4.74 Å². The highest BCUT2D eigenvalue weighted by Gasteiger charge is 2.50. The number of hydrogen-bond acceptors (Lipinski definition) is 5. The lowest BCUT2D eigenvalue weighted by atomic mass is 10.1. The second-order valence-corrected chi connectivity index (χ2v) is 6.89. The molecule has 1 N–H and O–H groups in total. The summed E-state index contributed by atoms with van der Waals surface area (Å²) < 4.78 is 12.5. The topological polar surface area (TPSA) is 93.9 Å². The third-order valence-corrected chi connectivity index (χ3v) is 5.23. The van der Waals surface area contributed by atoms with E-state index < -0.39 is 12.0 Å². The number of fused-ring (bicyclic) bond motifs is 1. The highest BCUT2D eigenvalue weighted by Crippen LogP contribution is 2.35. The predicted molar refractivity (Wildman–Crippen MR) is 95.2 cm³/mol. The van der Waals surface area contributed by atoms with Gasteiger partial charge in [0.25, 0.3) is 5.91 Å². The molecule has 2 fully saturated rings. The van der Waals surface area contributed by atoms with Crippen LogP contribution in [0.1, 0.15) is 28.9 Å². The van der Waals surface area contributed by atoms with Crippen molar-refractivity contribution in [3.63, 3.8) is 0 Å². The fraction of sp³-hybridized carbons (Fsp3) is 0.421. The third-order valence-electron chi connectivity index (χ3n) is 5.23. The Kier molecular flexibility index (Phi) is 4.35. The fourth-order valence-electron chi connectivity index (χ4n) is 3.94. The van der Waals surface area contributed by atoms with Crippen molar-refractivity contribution >= 4 is 11.9 Å². The molecule has 0 bridgehead atoms. The maximum Gasteiger partial charge on any atom is 0.326 e. The lowest BCUT2D eigenvalue weighted by Gasteiger charge is -2.25. The standard InChI is InChI=1S/C19H21N3O5/c1-11-3-4-16(26-2)14(9-11)21-7-5-12(20-21)18(23)22-13-6-8-27-17(13)10-15(22)19(24)25/h3-5,7,9,13,15,17H,6,8,10H2,1-2H3,(H,24,25)/t13-,15?,17-/m0/s1. The summed E-state index contributed by atoms with van der Waals surface area (Å²) in [6, 6.07) is 6.20. The summed E-state index contributed by atoms with van der Waals surface area (Å²) >= 11 is 0. The van der Waals surface area contributed by atoms with E-state index in [0.717, 1.165) is 11.3 Å². The summed E-state index contributed by atoms with van der Waals surface area (Å²) in [5.74, 6) is -0.761. The normalized spacial score (nSPS) is 24.1. The number of ether oxygens (including phenoxy) is 2. The molecule has 2 aliphatic rings. The summed E-state index contributed by atoms with van der Waals surface area (Å²) in [4.78, 5) is 26.1. The Morgan fingerprint density at radius 1 is 1.33 bits per heavy atom. The largest absolute Gasteiger partial charge is 0.494 e. The number of carboxylic acids is 1. The van der Waals surface area contributed by atoms with Gasteiger partial charge in [-0.25, -0.2) is 9.48 Å². The van der Waals surface area contributed by atoms with Gasteiger partial charge in [0.2, 0.25) is 0 Å². The van der Waals surface area contributed by atoms with E-state index >= 15 is 0 Å². The number of rotatable bonds is 4. The monoisotopic (exact) mass is 371 g/mol.